The highest BCUT2D eigenvalue weighted by Gasteiger charge is 2.47. The molecule has 3 aromatic rings. The second kappa shape index (κ2) is 8.59. The van der Waals surface area contributed by atoms with Gasteiger partial charge in [-0.15, -0.1) is 0 Å². The fourth-order valence-electron chi connectivity index (χ4n) is 3.89. The summed E-state index contributed by atoms with van der Waals surface area (Å²) in [6, 6.07) is 20.4. The number of ether oxygens (including phenoxy) is 2. The summed E-state index contributed by atoms with van der Waals surface area (Å²) in [6.07, 6.45) is 0. The molecule has 1 N–H and O–H groups in total. The molecule has 0 spiro atoms. The summed E-state index contributed by atoms with van der Waals surface area (Å²) in [4.78, 5) is 27.7. The Hall–Kier alpha value is -4.06. The van der Waals surface area contributed by atoms with Crippen molar-refractivity contribution in [2.75, 3.05) is 19.1 Å². The van der Waals surface area contributed by atoms with Crippen LogP contribution in [-0.4, -0.2) is 31.0 Å². The van der Waals surface area contributed by atoms with Gasteiger partial charge in [0.15, 0.2) is 11.5 Å². The average molecular weight is 429 g/mol. The molecule has 1 fully saturated rings. The molecule has 32 heavy (non-hydrogen) atoms. The van der Waals surface area contributed by atoms with Crippen LogP contribution in [0.5, 0.6) is 11.5 Å². The van der Waals surface area contributed by atoms with E-state index >= 15 is 0 Å². The summed E-state index contributed by atoms with van der Waals surface area (Å²) in [5, 5.41) is 11.1. The summed E-state index contributed by atoms with van der Waals surface area (Å²) in [7, 11) is 3.05. The third-order valence-corrected chi connectivity index (χ3v) is 5.53. The molecule has 0 aromatic heterocycles. The Kier molecular flexibility index (Phi) is 5.69. The third-order valence-electron chi connectivity index (χ3n) is 5.53. The number of aliphatic hydroxyl groups excluding tert-OH is 1. The molecular weight excluding hydrogens is 406 g/mol. The van der Waals surface area contributed by atoms with Gasteiger partial charge in [0.2, 0.25) is 0 Å². The normalized spacial score (nSPS) is 17.5. The highest BCUT2D eigenvalue weighted by atomic mass is 16.5. The van der Waals surface area contributed by atoms with Gasteiger partial charge in [0.1, 0.15) is 5.76 Å². The third kappa shape index (κ3) is 3.60. The Bertz CT molecular complexity index is 1200. The van der Waals surface area contributed by atoms with Crippen molar-refractivity contribution >= 4 is 23.1 Å². The minimum Gasteiger partial charge on any atom is -0.507 e. The first kappa shape index (κ1) is 21.2. The van der Waals surface area contributed by atoms with Gasteiger partial charge in [0, 0.05) is 11.3 Å². The molecule has 0 aliphatic carbocycles. The Morgan fingerprint density at radius 2 is 1.53 bits per heavy atom. The van der Waals surface area contributed by atoms with Crippen LogP contribution in [0.15, 0.2) is 78.4 Å². The van der Waals surface area contributed by atoms with E-state index in [0.29, 0.717) is 28.3 Å². The molecule has 1 atom stereocenters. The summed E-state index contributed by atoms with van der Waals surface area (Å²) >= 11 is 0. The number of nitrogens with zero attached hydrogens (tertiary/aromatic N) is 1. The zero-order chi connectivity index (χ0) is 22.8. The van der Waals surface area contributed by atoms with Crippen molar-refractivity contribution in [1.82, 2.24) is 0 Å². The van der Waals surface area contributed by atoms with Crippen molar-refractivity contribution in [3.8, 4) is 11.5 Å². The van der Waals surface area contributed by atoms with Gasteiger partial charge in [0.05, 0.1) is 25.8 Å². The van der Waals surface area contributed by atoms with Crippen molar-refractivity contribution in [2.24, 2.45) is 0 Å². The van der Waals surface area contributed by atoms with Gasteiger partial charge in [-0.2, -0.15) is 0 Å². The van der Waals surface area contributed by atoms with Gasteiger partial charge in [-0.3, -0.25) is 14.5 Å². The molecule has 162 valence electrons. The van der Waals surface area contributed by atoms with Crippen molar-refractivity contribution in [2.45, 2.75) is 13.0 Å². The number of benzene rings is 3. The summed E-state index contributed by atoms with van der Waals surface area (Å²) in [5.74, 6) is -0.691. The van der Waals surface area contributed by atoms with Crippen LogP contribution in [0.1, 0.15) is 22.7 Å². The number of hydrogen-bond acceptors (Lipinski definition) is 5. The minimum absolute atomic E-state index is 0.0231. The first-order valence-corrected chi connectivity index (χ1v) is 10.1. The fraction of sp³-hybridized carbons (Fsp3) is 0.154. The van der Waals surface area contributed by atoms with E-state index < -0.39 is 17.7 Å². The lowest BCUT2D eigenvalue weighted by Crippen LogP contribution is -2.29. The molecule has 1 saturated heterocycles. The molecule has 1 heterocycles. The SMILES string of the molecule is COc1ccc([C@H]2/C(=C(\O)c3ccc(C)cc3)C(=O)C(=O)N2c2ccccc2)cc1OC. The predicted molar refractivity (Wildman–Crippen MR) is 122 cm³/mol. The van der Waals surface area contributed by atoms with Crippen molar-refractivity contribution in [3.63, 3.8) is 0 Å². The van der Waals surface area contributed by atoms with Crippen LogP contribution < -0.4 is 14.4 Å². The number of aryl methyl sites for hydroxylation is 1. The van der Waals surface area contributed by atoms with Gasteiger partial charge in [-0.25, -0.2) is 0 Å². The number of para-hydroxylation sites is 1. The molecule has 3 aromatic carbocycles. The minimum atomic E-state index is -0.835. The zero-order valence-electron chi connectivity index (χ0n) is 18.0. The maximum atomic E-state index is 13.2. The molecule has 0 unspecified atom stereocenters. The molecule has 4 rings (SSSR count). The van der Waals surface area contributed by atoms with Crippen molar-refractivity contribution in [3.05, 3.63) is 95.1 Å². The number of anilines is 1. The Morgan fingerprint density at radius 1 is 0.875 bits per heavy atom. The van der Waals surface area contributed by atoms with E-state index in [1.165, 1.54) is 19.1 Å². The van der Waals surface area contributed by atoms with E-state index in [4.69, 9.17) is 9.47 Å². The molecule has 1 aliphatic rings. The number of carbonyl (C=O) groups excluding carboxylic acids is 2. The number of amides is 1. The highest BCUT2D eigenvalue weighted by molar-refractivity contribution is 6.51. The smallest absolute Gasteiger partial charge is 0.300 e. The lowest BCUT2D eigenvalue weighted by Gasteiger charge is -2.26. The van der Waals surface area contributed by atoms with Crippen LogP contribution >= 0.6 is 0 Å². The Balaban J connectivity index is 1.96. The molecule has 0 saturated carbocycles. The summed E-state index contributed by atoms with van der Waals surface area (Å²) in [5.41, 5.74) is 2.67. The number of methoxy groups -OCH3 is 2. The number of ketones is 1. The Morgan fingerprint density at radius 3 is 2.16 bits per heavy atom. The van der Waals surface area contributed by atoms with Gasteiger partial charge >= 0.3 is 0 Å². The quantitative estimate of drug-likeness (QED) is 0.363. The maximum absolute atomic E-state index is 13.2. The number of hydrogen-bond donors (Lipinski definition) is 1. The van der Waals surface area contributed by atoms with E-state index in [1.54, 1.807) is 54.6 Å². The topological polar surface area (TPSA) is 76.1 Å². The lowest BCUT2D eigenvalue weighted by molar-refractivity contribution is -0.132. The molecule has 6 nitrogen and oxygen atoms in total. The molecule has 0 radical (unpaired) electrons. The molecular formula is C26H23NO5. The number of Topliss-reactive ketones (excluding diaryl/α,β-unsaturated/α-hetero) is 1. The van der Waals surface area contributed by atoms with Crippen LogP contribution in [0.2, 0.25) is 0 Å². The molecule has 1 amide bonds. The van der Waals surface area contributed by atoms with Crippen molar-refractivity contribution in [1.29, 1.82) is 0 Å². The van der Waals surface area contributed by atoms with Gasteiger partial charge < -0.3 is 14.6 Å². The van der Waals surface area contributed by atoms with Crippen LogP contribution in [-0.2, 0) is 9.59 Å². The van der Waals surface area contributed by atoms with Crippen LogP contribution in [0.25, 0.3) is 5.76 Å². The second-order valence-electron chi connectivity index (χ2n) is 7.49. The maximum Gasteiger partial charge on any atom is 0.300 e. The monoisotopic (exact) mass is 429 g/mol. The van der Waals surface area contributed by atoms with Crippen LogP contribution in [0.4, 0.5) is 5.69 Å². The fourth-order valence-corrected chi connectivity index (χ4v) is 3.89. The predicted octanol–water partition coefficient (Wildman–Crippen LogP) is 4.64. The Labute approximate surface area is 186 Å². The van der Waals surface area contributed by atoms with E-state index in [1.807, 2.05) is 25.1 Å². The molecule has 0 bridgehead atoms. The lowest BCUT2D eigenvalue weighted by atomic mass is 9.94. The number of aliphatic hydroxyl groups is 1. The summed E-state index contributed by atoms with van der Waals surface area (Å²) < 4.78 is 10.8. The van der Waals surface area contributed by atoms with E-state index in [2.05, 4.69) is 0 Å². The molecule has 6 heteroatoms. The zero-order valence-corrected chi connectivity index (χ0v) is 18.0. The van der Waals surface area contributed by atoms with Crippen LogP contribution in [0, 0.1) is 6.92 Å². The van der Waals surface area contributed by atoms with Crippen LogP contribution in [0.3, 0.4) is 0 Å². The average Bonchev–Trinajstić information content (AvgIpc) is 3.09. The highest BCUT2D eigenvalue weighted by Crippen LogP contribution is 2.44. The second-order valence-corrected chi connectivity index (χ2v) is 7.49. The largest absolute Gasteiger partial charge is 0.507 e. The first-order valence-electron chi connectivity index (χ1n) is 10.1. The van der Waals surface area contributed by atoms with Crippen molar-refractivity contribution < 1.29 is 24.2 Å². The van der Waals surface area contributed by atoms with Gasteiger partial charge in [-0.1, -0.05) is 54.1 Å². The van der Waals surface area contributed by atoms with E-state index in [0.717, 1.165) is 5.56 Å². The van der Waals surface area contributed by atoms with Gasteiger partial charge in [0.25, 0.3) is 11.7 Å². The number of carbonyl (C=O) groups is 2. The molecule has 1 aliphatic heterocycles. The van der Waals surface area contributed by atoms with E-state index in [-0.39, 0.29) is 11.3 Å². The first-order chi connectivity index (χ1) is 15.5. The summed E-state index contributed by atoms with van der Waals surface area (Å²) in [6.45, 7) is 1.93. The van der Waals surface area contributed by atoms with E-state index in [9.17, 15) is 14.7 Å². The van der Waals surface area contributed by atoms with Gasteiger partial charge in [-0.05, 0) is 36.8 Å². The standard InChI is InChI=1S/C26H23NO5/c1-16-9-11-17(12-10-16)24(28)22-23(18-13-14-20(31-2)21(15-18)32-3)27(26(30)25(22)29)19-7-5-4-6-8-19/h4-15,23,28H,1-3H3/b24-22+/t23-/m0/s1. The number of rotatable bonds is 5.